The molecule has 5 atom stereocenters. The number of nitro groups is 1. The van der Waals surface area contributed by atoms with E-state index >= 15 is 0 Å². The maximum absolute atomic E-state index is 13.3. The van der Waals surface area contributed by atoms with Gasteiger partial charge in [-0.2, -0.15) is 0 Å². The first-order valence-electron chi connectivity index (χ1n) is 12.3. The Bertz CT molecular complexity index is 1260. The first-order chi connectivity index (χ1) is 17.7. The molecule has 1 saturated heterocycles. The third kappa shape index (κ3) is 4.61. The number of ether oxygens (including phenoxy) is 2. The summed E-state index contributed by atoms with van der Waals surface area (Å²) in [6.45, 7) is 4.09. The predicted molar refractivity (Wildman–Crippen MR) is 133 cm³/mol. The lowest BCUT2D eigenvalue weighted by Crippen LogP contribution is -2.43. The Kier molecular flexibility index (Phi) is 6.31. The summed E-state index contributed by atoms with van der Waals surface area (Å²) < 4.78 is 11.1. The van der Waals surface area contributed by atoms with E-state index in [-0.39, 0.29) is 25.0 Å². The maximum atomic E-state index is 13.3. The number of fused-ring (bicyclic) bond motifs is 2. The SMILES string of the molecule is CC1(C)CN(c2ccc(C(=O)OCc3ccccc3)cc2)C(=O)[C@H]1OC(=O)[C@H]1[C@H]([N+](=O)[O-])[C@@H]2C=C[C@H]1C2. The number of hydrogen-bond donors (Lipinski definition) is 0. The van der Waals surface area contributed by atoms with Gasteiger partial charge < -0.3 is 14.4 Å². The molecule has 2 fully saturated rings. The van der Waals surface area contributed by atoms with Crippen LogP contribution in [0.5, 0.6) is 0 Å². The van der Waals surface area contributed by atoms with Crippen molar-refractivity contribution in [1.82, 2.24) is 0 Å². The molecule has 9 nitrogen and oxygen atoms in total. The molecule has 192 valence electrons. The molecule has 2 aromatic rings. The Labute approximate surface area is 214 Å². The average molecular weight is 505 g/mol. The Balaban J connectivity index is 1.25. The molecule has 1 aliphatic heterocycles. The third-order valence-corrected chi connectivity index (χ3v) is 7.56. The van der Waals surface area contributed by atoms with Crippen molar-refractivity contribution in [1.29, 1.82) is 0 Å². The molecule has 2 bridgehead atoms. The number of hydrogen-bond acceptors (Lipinski definition) is 7. The predicted octanol–water partition coefficient (Wildman–Crippen LogP) is 3.80. The van der Waals surface area contributed by atoms with Crippen molar-refractivity contribution in [2.45, 2.75) is 39.0 Å². The molecule has 0 aromatic heterocycles. The van der Waals surface area contributed by atoms with Crippen LogP contribution in [0.3, 0.4) is 0 Å². The summed E-state index contributed by atoms with van der Waals surface area (Å²) in [4.78, 5) is 51.6. The zero-order valence-electron chi connectivity index (χ0n) is 20.6. The average Bonchev–Trinajstić information content (AvgIpc) is 3.56. The zero-order valence-corrected chi connectivity index (χ0v) is 20.6. The summed E-state index contributed by atoms with van der Waals surface area (Å²) in [5, 5.41) is 11.6. The van der Waals surface area contributed by atoms with E-state index in [1.54, 1.807) is 30.3 Å². The Morgan fingerprint density at radius 1 is 1.05 bits per heavy atom. The normalized spacial score (nSPS) is 27.4. The van der Waals surface area contributed by atoms with E-state index in [0.29, 0.717) is 17.7 Å². The Morgan fingerprint density at radius 3 is 2.41 bits per heavy atom. The number of carbonyl (C=O) groups is 3. The molecule has 0 spiro atoms. The van der Waals surface area contributed by atoms with Gasteiger partial charge in [0, 0.05) is 28.5 Å². The van der Waals surface area contributed by atoms with Crippen LogP contribution in [-0.2, 0) is 25.7 Å². The Hall–Kier alpha value is -4.01. The molecule has 1 amide bonds. The second-order valence-electron chi connectivity index (χ2n) is 10.6. The summed E-state index contributed by atoms with van der Waals surface area (Å²) in [6.07, 6.45) is 3.14. The fraction of sp³-hybridized carbons (Fsp3) is 0.393. The van der Waals surface area contributed by atoms with Gasteiger partial charge in [-0.3, -0.25) is 19.7 Å². The molecule has 2 aliphatic carbocycles. The molecule has 5 rings (SSSR count). The number of benzene rings is 2. The fourth-order valence-electron chi connectivity index (χ4n) is 5.65. The third-order valence-electron chi connectivity index (χ3n) is 7.56. The largest absolute Gasteiger partial charge is 0.457 e. The molecule has 2 aromatic carbocycles. The van der Waals surface area contributed by atoms with Gasteiger partial charge in [0.2, 0.25) is 6.04 Å². The number of nitrogens with zero attached hydrogens (tertiary/aromatic N) is 2. The van der Waals surface area contributed by atoms with Crippen LogP contribution in [0.2, 0.25) is 0 Å². The van der Waals surface area contributed by atoms with Crippen molar-refractivity contribution in [3.8, 4) is 0 Å². The lowest BCUT2D eigenvalue weighted by molar-refractivity contribution is -0.533. The van der Waals surface area contributed by atoms with Crippen LogP contribution in [0.15, 0.2) is 66.7 Å². The van der Waals surface area contributed by atoms with E-state index in [1.165, 1.54) is 4.90 Å². The molecular weight excluding hydrogens is 476 g/mol. The molecule has 9 heteroatoms. The molecule has 0 N–H and O–H groups in total. The second kappa shape index (κ2) is 9.46. The summed E-state index contributed by atoms with van der Waals surface area (Å²) in [5.74, 6) is -2.96. The van der Waals surface area contributed by atoms with Crippen LogP contribution >= 0.6 is 0 Å². The minimum Gasteiger partial charge on any atom is -0.457 e. The quantitative estimate of drug-likeness (QED) is 0.244. The van der Waals surface area contributed by atoms with Gasteiger partial charge in [0.15, 0.2) is 6.10 Å². The van der Waals surface area contributed by atoms with Crippen LogP contribution < -0.4 is 4.90 Å². The smallest absolute Gasteiger partial charge is 0.338 e. The van der Waals surface area contributed by atoms with Crippen LogP contribution in [0.1, 0.15) is 36.2 Å². The van der Waals surface area contributed by atoms with Gasteiger partial charge >= 0.3 is 11.9 Å². The van der Waals surface area contributed by atoms with Gasteiger partial charge in [0.05, 0.1) is 5.56 Å². The van der Waals surface area contributed by atoms with Crippen LogP contribution in [0.4, 0.5) is 5.69 Å². The van der Waals surface area contributed by atoms with Crippen molar-refractivity contribution in [3.05, 3.63) is 88.0 Å². The fourth-order valence-corrected chi connectivity index (χ4v) is 5.65. The highest BCUT2D eigenvalue weighted by Crippen LogP contribution is 2.46. The number of rotatable bonds is 7. The number of amides is 1. The molecule has 0 radical (unpaired) electrons. The van der Waals surface area contributed by atoms with Crippen molar-refractivity contribution in [2.75, 3.05) is 11.4 Å². The van der Waals surface area contributed by atoms with Crippen molar-refractivity contribution in [2.24, 2.45) is 23.2 Å². The lowest BCUT2D eigenvalue weighted by atomic mass is 9.87. The van der Waals surface area contributed by atoms with Crippen LogP contribution in [0.25, 0.3) is 0 Å². The molecule has 1 saturated carbocycles. The minimum absolute atomic E-state index is 0.156. The number of anilines is 1. The van der Waals surface area contributed by atoms with E-state index in [4.69, 9.17) is 9.47 Å². The van der Waals surface area contributed by atoms with Crippen LogP contribution in [0, 0.1) is 33.3 Å². The van der Waals surface area contributed by atoms with E-state index in [1.807, 2.05) is 50.3 Å². The number of allylic oxidation sites excluding steroid dienone is 1. The number of carbonyl (C=O) groups excluding carboxylic acids is 3. The van der Waals surface area contributed by atoms with Gasteiger partial charge in [-0.25, -0.2) is 4.79 Å². The van der Waals surface area contributed by atoms with Crippen molar-refractivity contribution < 1.29 is 28.8 Å². The van der Waals surface area contributed by atoms with E-state index < -0.39 is 46.2 Å². The number of esters is 2. The van der Waals surface area contributed by atoms with Gasteiger partial charge in [0.1, 0.15) is 12.5 Å². The zero-order chi connectivity index (χ0) is 26.3. The first-order valence-corrected chi connectivity index (χ1v) is 12.3. The molecule has 0 unspecified atom stereocenters. The monoisotopic (exact) mass is 504 g/mol. The summed E-state index contributed by atoms with van der Waals surface area (Å²) in [6, 6.07) is 14.8. The van der Waals surface area contributed by atoms with E-state index in [0.717, 1.165) is 5.56 Å². The van der Waals surface area contributed by atoms with Gasteiger partial charge in [-0.15, -0.1) is 0 Å². The van der Waals surface area contributed by atoms with Gasteiger partial charge in [-0.05, 0) is 42.2 Å². The topological polar surface area (TPSA) is 116 Å². The maximum Gasteiger partial charge on any atom is 0.338 e. The van der Waals surface area contributed by atoms with Gasteiger partial charge in [0.25, 0.3) is 5.91 Å². The minimum atomic E-state index is -1.06. The summed E-state index contributed by atoms with van der Waals surface area (Å²) in [7, 11) is 0. The summed E-state index contributed by atoms with van der Waals surface area (Å²) in [5.41, 5.74) is 1.08. The van der Waals surface area contributed by atoms with Crippen molar-refractivity contribution in [3.63, 3.8) is 0 Å². The van der Waals surface area contributed by atoms with E-state index in [2.05, 4.69) is 0 Å². The molecular formula is C28H28N2O7. The lowest BCUT2D eigenvalue weighted by Gasteiger charge is -2.26. The standard InChI is InChI=1S/C28H28N2O7/c1-28(2)16-29(21-12-10-18(11-13-21)26(32)36-15-17-6-4-3-5-7-17)25(31)24(28)37-27(33)22-19-8-9-20(14-19)23(22)30(34)35/h3-13,19-20,22-24H,14-16H2,1-2H3/t19-,20+,22+,23+,24+/m0/s1. The van der Waals surface area contributed by atoms with Crippen molar-refractivity contribution >= 4 is 23.5 Å². The highest BCUT2D eigenvalue weighted by atomic mass is 16.6. The molecule has 1 heterocycles. The first kappa shape index (κ1) is 24.7. The van der Waals surface area contributed by atoms with Gasteiger partial charge in [-0.1, -0.05) is 56.3 Å². The summed E-state index contributed by atoms with van der Waals surface area (Å²) >= 11 is 0. The Morgan fingerprint density at radius 2 is 1.73 bits per heavy atom. The second-order valence-corrected chi connectivity index (χ2v) is 10.6. The highest BCUT2D eigenvalue weighted by Gasteiger charge is 2.58. The van der Waals surface area contributed by atoms with E-state index in [9.17, 15) is 24.5 Å². The molecule has 3 aliphatic rings. The van der Waals surface area contributed by atoms with Crippen LogP contribution in [-0.4, -0.2) is 41.5 Å². The highest BCUT2D eigenvalue weighted by molar-refractivity contribution is 6.01. The molecule has 37 heavy (non-hydrogen) atoms.